The number of hydrogen-bond donors (Lipinski definition) is 2. The Bertz CT molecular complexity index is 1090. The van der Waals surface area contributed by atoms with Crippen LogP contribution in [0.1, 0.15) is 33.0 Å². The fourth-order valence-electron chi connectivity index (χ4n) is 2.81. The molecule has 2 aromatic heterocycles. The zero-order valence-electron chi connectivity index (χ0n) is 15.2. The number of alkyl halides is 3. The molecule has 3 aromatic rings. The predicted octanol–water partition coefficient (Wildman–Crippen LogP) is 3.45. The molecule has 152 valence electrons. The lowest BCUT2D eigenvalue weighted by Gasteiger charge is -2.10. The van der Waals surface area contributed by atoms with Gasteiger partial charge < -0.3 is 5.32 Å². The summed E-state index contributed by atoms with van der Waals surface area (Å²) in [6, 6.07) is 4.86. The van der Waals surface area contributed by atoms with Gasteiger partial charge in [-0.3, -0.25) is 24.7 Å². The molecule has 29 heavy (non-hydrogen) atoms. The second-order valence-corrected chi connectivity index (χ2v) is 6.24. The van der Waals surface area contributed by atoms with E-state index in [9.17, 15) is 28.1 Å². The lowest BCUT2D eigenvalue weighted by atomic mass is 10.1. The van der Waals surface area contributed by atoms with Crippen LogP contribution in [0.5, 0.6) is 0 Å². The summed E-state index contributed by atoms with van der Waals surface area (Å²) < 4.78 is 40.1. The number of hydrogen-bond acceptors (Lipinski definition) is 5. The fraction of sp³-hybridized carbons (Fsp3) is 0.235. The van der Waals surface area contributed by atoms with E-state index in [1.54, 1.807) is 13.8 Å². The summed E-state index contributed by atoms with van der Waals surface area (Å²) in [5.41, 5.74) is 0.0176. The Morgan fingerprint density at radius 1 is 1.34 bits per heavy atom. The minimum atomic E-state index is -4.46. The molecule has 9 nitrogen and oxygen atoms in total. The SMILES string of the molecule is Cc1nn(Cc2cccc(C(F)(F)F)c2)c(C)c1NC(=O)c1[nH]ncc1[N+](=O)[O-]. The highest BCUT2D eigenvalue weighted by Crippen LogP contribution is 2.30. The van der Waals surface area contributed by atoms with Gasteiger partial charge in [0.25, 0.3) is 5.91 Å². The molecule has 0 bridgehead atoms. The first-order chi connectivity index (χ1) is 13.6. The number of carbonyl (C=O) groups is 1. The Labute approximate surface area is 161 Å². The Balaban J connectivity index is 1.85. The molecule has 2 heterocycles. The normalized spacial score (nSPS) is 11.5. The molecule has 0 fully saturated rings. The standard InChI is InChI=1S/C17H15F3N6O3/c1-9-14(22-16(27)15-13(26(28)29)7-21-23-15)10(2)25(24-9)8-11-4-3-5-12(6-11)17(18,19)20/h3-7H,8H2,1-2H3,(H,21,23)(H,22,27). The van der Waals surface area contributed by atoms with Gasteiger partial charge in [0, 0.05) is 0 Å². The Hall–Kier alpha value is -3.70. The average Bonchev–Trinajstić information content (AvgIpc) is 3.23. The van der Waals surface area contributed by atoms with Gasteiger partial charge in [-0.1, -0.05) is 12.1 Å². The number of rotatable bonds is 5. The van der Waals surface area contributed by atoms with E-state index in [4.69, 9.17) is 0 Å². The summed E-state index contributed by atoms with van der Waals surface area (Å²) in [6.07, 6.45) is -3.53. The summed E-state index contributed by atoms with van der Waals surface area (Å²) in [5.74, 6) is -0.779. The maximum Gasteiger partial charge on any atom is 0.416 e. The number of benzene rings is 1. The van der Waals surface area contributed by atoms with Gasteiger partial charge >= 0.3 is 11.9 Å². The Morgan fingerprint density at radius 3 is 2.72 bits per heavy atom. The topological polar surface area (TPSA) is 119 Å². The van der Waals surface area contributed by atoms with Crippen LogP contribution in [0, 0.1) is 24.0 Å². The molecule has 1 aromatic carbocycles. The van der Waals surface area contributed by atoms with Gasteiger partial charge in [-0.25, -0.2) is 0 Å². The number of aryl methyl sites for hydroxylation is 1. The van der Waals surface area contributed by atoms with E-state index in [2.05, 4.69) is 20.6 Å². The fourth-order valence-corrected chi connectivity index (χ4v) is 2.81. The summed E-state index contributed by atoms with van der Waals surface area (Å²) in [7, 11) is 0. The second kappa shape index (κ2) is 7.37. The van der Waals surface area contributed by atoms with Crippen molar-refractivity contribution in [2.24, 2.45) is 0 Å². The minimum Gasteiger partial charge on any atom is -0.317 e. The first-order valence-corrected chi connectivity index (χ1v) is 8.27. The van der Waals surface area contributed by atoms with Crippen LogP contribution in [0.15, 0.2) is 30.5 Å². The number of aromatic nitrogens is 4. The molecular weight excluding hydrogens is 393 g/mol. The average molecular weight is 408 g/mol. The maximum absolute atomic E-state index is 12.9. The molecule has 0 spiro atoms. The van der Waals surface area contributed by atoms with Crippen molar-refractivity contribution in [3.05, 3.63) is 68.8 Å². The number of H-pyrrole nitrogens is 1. The molecule has 3 rings (SSSR count). The maximum atomic E-state index is 12.9. The molecule has 0 atom stereocenters. The molecular formula is C17H15F3N6O3. The van der Waals surface area contributed by atoms with Crippen molar-refractivity contribution in [3.8, 4) is 0 Å². The largest absolute Gasteiger partial charge is 0.416 e. The minimum absolute atomic E-state index is 0.0523. The number of nitro groups is 1. The van der Waals surface area contributed by atoms with E-state index < -0.39 is 28.3 Å². The molecule has 0 aliphatic heterocycles. The highest BCUT2D eigenvalue weighted by Gasteiger charge is 2.30. The summed E-state index contributed by atoms with van der Waals surface area (Å²) in [4.78, 5) is 22.6. The first-order valence-electron chi connectivity index (χ1n) is 8.27. The van der Waals surface area contributed by atoms with E-state index in [1.165, 1.54) is 16.8 Å². The van der Waals surface area contributed by atoms with Crippen molar-refractivity contribution >= 4 is 17.3 Å². The molecule has 0 unspecified atom stereocenters. The number of anilines is 1. The predicted molar refractivity (Wildman–Crippen MR) is 95.4 cm³/mol. The molecule has 0 saturated heterocycles. The lowest BCUT2D eigenvalue weighted by Crippen LogP contribution is -2.15. The molecule has 0 aliphatic carbocycles. The van der Waals surface area contributed by atoms with Crippen LogP contribution in [0.4, 0.5) is 24.5 Å². The van der Waals surface area contributed by atoms with Crippen molar-refractivity contribution in [2.45, 2.75) is 26.6 Å². The molecule has 2 N–H and O–H groups in total. The number of nitrogens with zero attached hydrogens (tertiary/aromatic N) is 4. The van der Waals surface area contributed by atoms with Crippen molar-refractivity contribution in [3.63, 3.8) is 0 Å². The summed E-state index contributed by atoms with van der Waals surface area (Å²) in [6.45, 7) is 3.29. The molecule has 12 heteroatoms. The van der Waals surface area contributed by atoms with E-state index in [0.717, 1.165) is 18.3 Å². The van der Waals surface area contributed by atoms with Crippen LogP contribution in [0.25, 0.3) is 0 Å². The smallest absolute Gasteiger partial charge is 0.317 e. The van der Waals surface area contributed by atoms with Crippen molar-refractivity contribution in [1.29, 1.82) is 0 Å². The third-order valence-corrected chi connectivity index (χ3v) is 4.25. The van der Waals surface area contributed by atoms with Gasteiger partial charge in [-0.05, 0) is 31.5 Å². The zero-order chi connectivity index (χ0) is 21.3. The highest BCUT2D eigenvalue weighted by atomic mass is 19.4. The highest BCUT2D eigenvalue weighted by molar-refractivity contribution is 6.06. The Kier molecular flexibility index (Phi) is 5.10. The van der Waals surface area contributed by atoms with Gasteiger partial charge in [0.05, 0.1) is 34.1 Å². The van der Waals surface area contributed by atoms with Crippen LogP contribution < -0.4 is 5.32 Å². The van der Waals surface area contributed by atoms with Crippen LogP contribution in [-0.2, 0) is 12.7 Å². The number of carbonyl (C=O) groups excluding carboxylic acids is 1. The number of nitrogens with one attached hydrogen (secondary N) is 2. The number of halogens is 3. The molecule has 0 saturated carbocycles. The summed E-state index contributed by atoms with van der Waals surface area (Å²) in [5, 5.41) is 23.5. The van der Waals surface area contributed by atoms with Gasteiger partial charge in [-0.2, -0.15) is 23.4 Å². The third-order valence-electron chi connectivity index (χ3n) is 4.25. The zero-order valence-corrected chi connectivity index (χ0v) is 15.2. The quantitative estimate of drug-likeness (QED) is 0.495. The lowest BCUT2D eigenvalue weighted by molar-refractivity contribution is -0.385. The summed E-state index contributed by atoms with van der Waals surface area (Å²) >= 11 is 0. The van der Waals surface area contributed by atoms with Gasteiger partial charge in [-0.15, -0.1) is 0 Å². The first kappa shape index (κ1) is 20.0. The van der Waals surface area contributed by atoms with Gasteiger partial charge in [0.15, 0.2) is 0 Å². The molecule has 0 aliphatic rings. The second-order valence-electron chi connectivity index (χ2n) is 6.24. The van der Waals surface area contributed by atoms with E-state index in [0.29, 0.717) is 22.6 Å². The third kappa shape index (κ3) is 4.10. The Morgan fingerprint density at radius 2 is 2.07 bits per heavy atom. The van der Waals surface area contributed by atoms with E-state index in [1.807, 2.05) is 0 Å². The van der Waals surface area contributed by atoms with Crippen molar-refractivity contribution in [1.82, 2.24) is 20.0 Å². The van der Waals surface area contributed by atoms with Crippen molar-refractivity contribution in [2.75, 3.05) is 5.32 Å². The molecule has 0 radical (unpaired) electrons. The number of aromatic amines is 1. The van der Waals surface area contributed by atoms with Crippen LogP contribution in [0.3, 0.4) is 0 Å². The van der Waals surface area contributed by atoms with Crippen LogP contribution >= 0.6 is 0 Å². The molecule has 1 amide bonds. The monoisotopic (exact) mass is 408 g/mol. The van der Waals surface area contributed by atoms with E-state index in [-0.39, 0.29) is 12.2 Å². The van der Waals surface area contributed by atoms with Crippen molar-refractivity contribution < 1.29 is 22.9 Å². The van der Waals surface area contributed by atoms with Crippen LogP contribution in [-0.4, -0.2) is 30.8 Å². The number of amides is 1. The van der Waals surface area contributed by atoms with Crippen LogP contribution in [0.2, 0.25) is 0 Å². The van der Waals surface area contributed by atoms with Gasteiger partial charge in [0.1, 0.15) is 6.20 Å². The van der Waals surface area contributed by atoms with E-state index >= 15 is 0 Å². The van der Waals surface area contributed by atoms with Gasteiger partial charge in [0.2, 0.25) is 5.69 Å².